The van der Waals surface area contributed by atoms with Crippen LogP contribution in [0.2, 0.25) is 18.6 Å². The molecule has 0 spiro atoms. The Hall–Kier alpha value is 0.177. The lowest BCUT2D eigenvalue weighted by atomic mass is 9.99. The highest BCUT2D eigenvalue weighted by Crippen LogP contribution is 2.38. The van der Waals surface area contributed by atoms with Crippen LogP contribution >= 0.6 is 0 Å². The molecule has 1 saturated carbocycles. The molecular formula is C13H28OSi. The molecule has 1 aliphatic rings. The zero-order valence-corrected chi connectivity index (χ0v) is 12.2. The van der Waals surface area contributed by atoms with Gasteiger partial charge in [0.25, 0.3) is 0 Å². The molecule has 0 atom stereocenters. The van der Waals surface area contributed by atoms with Crippen LogP contribution in [0.5, 0.6) is 0 Å². The monoisotopic (exact) mass is 228 g/mol. The maximum Gasteiger partial charge on any atom is 0.189 e. The summed E-state index contributed by atoms with van der Waals surface area (Å²) < 4.78 is 6.27. The van der Waals surface area contributed by atoms with Gasteiger partial charge in [-0.15, -0.1) is 0 Å². The third-order valence-electron chi connectivity index (χ3n) is 3.47. The predicted octanol–water partition coefficient (Wildman–Crippen LogP) is 4.59. The van der Waals surface area contributed by atoms with Crippen molar-refractivity contribution in [3.63, 3.8) is 0 Å². The Labute approximate surface area is 96.7 Å². The third-order valence-corrected chi connectivity index (χ3v) is 6.90. The van der Waals surface area contributed by atoms with Crippen molar-refractivity contribution >= 4 is 8.32 Å². The van der Waals surface area contributed by atoms with Crippen LogP contribution in [-0.4, -0.2) is 14.9 Å². The molecule has 1 aliphatic carbocycles. The van der Waals surface area contributed by atoms with Crippen molar-refractivity contribution in [2.45, 2.75) is 71.5 Å². The molecule has 0 saturated heterocycles. The minimum absolute atomic E-state index is 0.318. The molecule has 1 nitrogen and oxygen atoms in total. The molecule has 1 fully saturated rings. The van der Waals surface area contributed by atoms with E-state index in [1.54, 1.807) is 0 Å². The molecule has 90 valence electrons. The summed E-state index contributed by atoms with van der Waals surface area (Å²) in [6, 6.07) is 0. The van der Waals surface area contributed by atoms with Gasteiger partial charge in [-0.05, 0) is 24.1 Å². The van der Waals surface area contributed by atoms with E-state index in [4.69, 9.17) is 4.43 Å². The molecule has 0 bridgehead atoms. The largest absolute Gasteiger partial charge is 0.417 e. The Morgan fingerprint density at radius 1 is 1.07 bits per heavy atom. The van der Waals surface area contributed by atoms with Crippen molar-refractivity contribution in [3.05, 3.63) is 0 Å². The van der Waals surface area contributed by atoms with Crippen molar-refractivity contribution in [2.24, 2.45) is 5.41 Å². The average molecular weight is 228 g/mol. The number of rotatable bonds is 3. The minimum Gasteiger partial charge on any atom is -0.417 e. The molecule has 0 aromatic carbocycles. The van der Waals surface area contributed by atoms with Gasteiger partial charge in [0.15, 0.2) is 8.32 Å². The summed E-state index contributed by atoms with van der Waals surface area (Å²) in [5, 5.41) is 0. The van der Waals surface area contributed by atoms with Crippen molar-refractivity contribution in [1.82, 2.24) is 0 Å². The fraction of sp³-hybridized carbons (Fsp3) is 1.00. The molecule has 0 aromatic heterocycles. The summed E-state index contributed by atoms with van der Waals surface area (Å²) in [5.41, 5.74) is 1.23. The smallest absolute Gasteiger partial charge is 0.189 e. The fourth-order valence-corrected chi connectivity index (χ4v) is 5.16. The number of hydrogen-bond acceptors (Lipinski definition) is 1. The van der Waals surface area contributed by atoms with Crippen molar-refractivity contribution in [1.29, 1.82) is 0 Å². The first-order valence-corrected chi connectivity index (χ1v) is 9.44. The standard InChI is InChI=1S/C13H28OSi/c1-13(2,3)11-14-15(4,5)12-9-7-6-8-10-12/h12H,6-11H2,1-5H3. The molecule has 0 radical (unpaired) electrons. The first-order valence-electron chi connectivity index (χ1n) is 6.45. The lowest BCUT2D eigenvalue weighted by Gasteiger charge is -2.36. The molecule has 0 aromatic rings. The first-order chi connectivity index (χ1) is 6.81. The second-order valence-corrected chi connectivity index (χ2v) is 11.1. The van der Waals surface area contributed by atoms with Crippen LogP contribution in [0.4, 0.5) is 0 Å². The van der Waals surface area contributed by atoms with Gasteiger partial charge in [-0.2, -0.15) is 0 Å². The molecule has 1 rings (SSSR count). The van der Waals surface area contributed by atoms with E-state index < -0.39 is 8.32 Å². The maximum atomic E-state index is 6.27. The Balaban J connectivity index is 2.42. The van der Waals surface area contributed by atoms with Crippen molar-refractivity contribution in [3.8, 4) is 0 Å². The summed E-state index contributed by atoms with van der Waals surface area (Å²) in [6.07, 6.45) is 7.15. The second kappa shape index (κ2) is 5.01. The minimum atomic E-state index is -1.41. The van der Waals surface area contributed by atoms with Gasteiger partial charge in [0, 0.05) is 6.61 Å². The Morgan fingerprint density at radius 2 is 1.60 bits per heavy atom. The van der Waals surface area contributed by atoms with Gasteiger partial charge in [-0.1, -0.05) is 52.9 Å². The van der Waals surface area contributed by atoms with Crippen LogP contribution in [0.25, 0.3) is 0 Å². The summed E-state index contributed by atoms with van der Waals surface area (Å²) in [6.45, 7) is 12.5. The average Bonchev–Trinajstić information content (AvgIpc) is 2.16. The van der Waals surface area contributed by atoms with E-state index in [1.807, 2.05) is 0 Å². The SMILES string of the molecule is CC(C)(C)CO[Si](C)(C)C1CCCCC1. The molecular weight excluding hydrogens is 200 g/mol. The fourth-order valence-electron chi connectivity index (χ4n) is 2.32. The maximum absolute atomic E-state index is 6.27. The zero-order chi connectivity index (χ0) is 11.5. The van der Waals surface area contributed by atoms with Crippen LogP contribution in [0.15, 0.2) is 0 Å². The molecule has 0 amide bonds. The van der Waals surface area contributed by atoms with Gasteiger partial charge < -0.3 is 4.43 Å². The Morgan fingerprint density at radius 3 is 2.07 bits per heavy atom. The van der Waals surface area contributed by atoms with Crippen molar-refractivity contribution < 1.29 is 4.43 Å². The summed E-state index contributed by atoms with van der Waals surface area (Å²) in [5.74, 6) is 0. The molecule has 2 heteroatoms. The van der Waals surface area contributed by atoms with Crippen LogP contribution in [0.3, 0.4) is 0 Å². The van der Waals surface area contributed by atoms with Gasteiger partial charge >= 0.3 is 0 Å². The van der Waals surface area contributed by atoms with Crippen LogP contribution < -0.4 is 0 Å². The van der Waals surface area contributed by atoms with Crippen LogP contribution in [0, 0.1) is 5.41 Å². The second-order valence-electron chi connectivity index (χ2n) is 6.79. The van der Waals surface area contributed by atoms with E-state index >= 15 is 0 Å². The van der Waals surface area contributed by atoms with Gasteiger partial charge in [0.05, 0.1) is 0 Å². The Bertz CT molecular complexity index is 187. The van der Waals surface area contributed by atoms with Crippen LogP contribution in [0.1, 0.15) is 52.9 Å². The molecule has 0 aliphatic heterocycles. The number of hydrogen-bond donors (Lipinski definition) is 0. The van der Waals surface area contributed by atoms with E-state index in [1.165, 1.54) is 32.1 Å². The normalized spacial score (nSPS) is 20.6. The predicted molar refractivity (Wildman–Crippen MR) is 69.7 cm³/mol. The van der Waals surface area contributed by atoms with Gasteiger partial charge in [0.2, 0.25) is 0 Å². The lowest BCUT2D eigenvalue weighted by Crippen LogP contribution is -2.40. The molecule has 15 heavy (non-hydrogen) atoms. The zero-order valence-electron chi connectivity index (χ0n) is 11.2. The molecule has 0 N–H and O–H groups in total. The molecule has 0 unspecified atom stereocenters. The van der Waals surface area contributed by atoms with Gasteiger partial charge in [-0.3, -0.25) is 0 Å². The van der Waals surface area contributed by atoms with E-state index in [-0.39, 0.29) is 0 Å². The van der Waals surface area contributed by atoms with E-state index in [0.717, 1.165) is 12.1 Å². The lowest BCUT2D eigenvalue weighted by molar-refractivity contribution is 0.182. The summed E-state index contributed by atoms with van der Waals surface area (Å²) in [4.78, 5) is 0. The highest BCUT2D eigenvalue weighted by atomic mass is 28.4. The van der Waals surface area contributed by atoms with Crippen LogP contribution in [-0.2, 0) is 4.43 Å². The van der Waals surface area contributed by atoms with Gasteiger partial charge in [-0.25, -0.2) is 0 Å². The van der Waals surface area contributed by atoms with Gasteiger partial charge in [0.1, 0.15) is 0 Å². The highest BCUT2D eigenvalue weighted by molar-refractivity contribution is 6.72. The first kappa shape index (κ1) is 13.2. The van der Waals surface area contributed by atoms with E-state index in [0.29, 0.717) is 5.41 Å². The Kier molecular flexibility index (Phi) is 4.42. The molecule has 0 heterocycles. The third kappa shape index (κ3) is 4.69. The van der Waals surface area contributed by atoms with E-state index in [2.05, 4.69) is 33.9 Å². The summed E-state index contributed by atoms with van der Waals surface area (Å²) >= 11 is 0. The summed E-state index contributed by atoms with van der Waals surface area (Å²) in [7, 11) is -1.41. The highest BCUT2D eigenvalue weighted by Gasteiger charge is 2.35. The quantitative estimate of drug-likeness (QED) is 0.642. The van der Waals surface area contributed by atoms with Crippen molar-refractivity contribution in [2.75, 3.05) is 6.61 Å². The van der Waals surface area contributed by atoms with E-state index in [9.17, 15) is 0 Å². The topological polar surface area (TPSA) is 9.23 Å².